The molecule has 0 fully saturated rings. The van der Waals surface area contributed by atoms with Gasteiger partial charge < -0.3 is 25.4 Å². The fourth-order valence-electron chi connectivity index (χ4n) is 4.49. The number of phenolic OH excluding ortho intramolecular Hbond substituents is 1. The third kappa shape index (κ3) is 9.59. The van der Waals surface area contributed by atoms with Gasteiger partial charge in [-0.2, -0.15) is 0 Å². The maximum absolute atomic E-state index is 13.1. The van der Waals surface area contributed by atoms with Gasteiger partial charge in [-0.15, -0.1) is 0 Å². The average molecular weight is 581 g/mol. The lowest BCUT2D eigenvalue weighted by atomic mass is 10.0. The molecule has 3 N–H and O–H groups in total. The number of hydrogen-bond donors (Lipinski definition) is 3. The van der Waals surface area contributed by atoms with E-state index in [1.54, 1.807) is 12.1 Å². The Labute approximate surface area is 243 Å². The number of hydrogen-bond acceptors (Lipinski definition) is 5. The molecule has 216 valence electrons. The molecule has 7 nitrogen and oxygen atoms in total. The Hall–Kier alpha value is -2.48. The topological polar surface area (TPSA) is 90.9 Å². The normalized spacial score (nSPS) is 13.2. The Morgan fingerprint density at radius 2 is 1.85 bits per heavy atom. The monoisotopic (exact) mass is 579 g/mol. The van der Waals surface area contributed by atoms with Crippen LogP contribution in [0.3, 0.4) is 0 Å². The standard InChI is InChI=1S/C29H39Cl2N3O4.CH4/c1-19(2)20(3)34(27(37)13-15-32-14-12-21-8-10-23(30)24(31)17-21)16-6-4-5-7-22-9-11-25(35)28-29(22)38-18-26(36)33-28;/h8-11,17,19-20,32,35H,4-7,12-16,18H2,1-3H3,(H,33,36);1H4/t20-;/m1./s1. The second-order valence-corrected chi connectivity index (χ2v) is 11.0. The quantitative estimate of drug-likeness (QED) is 0.176. The Balaban J connectivity index is 0.00000533. The Morgan fingerprint density at radius 1 is 1.08 bits per heavy atom. The molecule has 0 bridgehead atoms. The van der Waals surface area contributed by atoms with E-state index in [0.717, 1.165) is 56.3 Å². The van der Waals surface area contributed by atoms with Crippen LogP contribution >= 0.6 is 23.2 Å². The number of benzene rings is 2. The Bertz CT molecular complexity index is 1110. The number of carbonyl (C=O) groups is 2. The first-order chi connectivity index (χ1) is 18.2. The molecule has 0 aliphatic carbocycles. The van der Waals surface area contributed by atoms with E-state index in [9.17, 15) is 14.7 Å². The van der Waals surface area contributed by atoms with Crippen LogP contribution in [-0.4, -0.2) is 54.1 Å². The maximum atomic E-state index is 13.1. The Kier molecular flexibility index (Phi) is 13.4. The van der Waals surface area contributed by atoms with Gasteiger partial charge in [-0.1, -0.05) is 63.0 Å². The highest BCUT2D eigenvalue weighted by Gasteiger charge is 2.23. The van der Waals surface area contributed by atoms with Crippen LogP contribution in [0.15, 0.2) is 30.3 Å². The molecule has 1 atom stereocenters. The lowest BCUT2D eigenvalue weighted by Gasteiger charge is -2.32. The van der Waals surface area contributed by atoms with Gasteiger partial charge in [-0.25, -0.2) is 0 Å². The molecule has 1 aliphatic heterocycles. The summed E-state index contributed by atoms with van der Waals surface area (Å²) >= 11 is 12.1. The van der Waals surface area contributed by atoms with E-state index in [-0.39, 0.29) is 37.6 Å². The Morgan fingerprint density at radius 3 is 2.56 bits per heavy atom. The molecule has 0 saturated heterocycles. The van der Waals surface area contributed by atoms with Gasteiger partial charge in [-0.05, 0) is 74.4 Å². The molecule has 2 amide bonds. The fraction of sp³-hybridized carbons (Fsp3) is 0.533. The van der Waals surface area contributed by atoms with Gasteiger partial charge in [-0.3, -0.25) is 9.59 Å². The lowest BCUT2D eigenvalue weighted by Crippen LogP contribution is -2.43. The van der Waals surface area contributed by atoms with Crippen LogP contribution in [0.2, 0.25) is 10.0 Å². The number of ether oxygens (including phenoxy) is 1. The average Bonchev–Trinajstić information content (AvgIpc) is 2.88. The van der Waals surface area contributed by atoms with E-state index in [1.807, 2.05) is 23.1 Å². The molecule has 0 saturated carbocycles. The van der Waals surface area contributed by atoms with Gasteiger partial charge in [0.2, 0.25) is 5.91 Å². The van der Waals surface area contributed by atoms with Crippen molar-refractivity contribution in [1.29, 1.82) is 0 Å². The fourth-order valence-corrected chi connectivity index (χ4v) is 4.81. The number of halogens is 2. The van der Waals surface area contributed by atoms with Gasteiger partial charge in [0.05, 0.1) is 10.0 Å². The van der Waals surface area contributed by atoms with Crippen LogP contribution in [0.1, 0.15) is 65.0 Å². The molecule has 2 aromatic carbocycles. The summed E-state index contributed by atoms with van der Waals surface area (Å²) < 4.78 is 5.58. The van der Waals surface area contributed by atoms with Gasteiger partial charge in [0.1, 0.15) is 11.4 Å². The number of carbonyl (C=O) groups excluding carboxylic acids is 2. The van der Waals surface area contributed by atoms with Crippen LogP contribution in [0, 0.1) is 5.92 Å². The SMILES string of the molecule is C.CC(C)[C@@H](C)N(CCCCCc1ccc(O)c2c1OCC(=O)N2)C(=O)CCNCCc1ccc(Cl)c(Cl)c1. The van der Waals surface area contributed by atoms with Crippen LogP contribution in [0.5, 0.6) is 11.5 Å². The van der Waals surface area contributed by atoms with E-state index < -0.39 is 0 Å². The predicted octanol–water partition coefficient (Wildman–Crippen LogP) is 6.47. The zero-order valence-corrected chi connectivity index (χ0v) is 24.0. The summed E-state index contributed by atoms with van der Waals surface area (Å²) in [6.07, 6.45) is 4.84. The van der Waals surface area contributed by atoms with Crippen LogP contribution in [0.25, 0.3) is 0 Å². The summed E-state index contributed by atoms with van der Waals surface area (Å²) in [5.41, 5.74) is 2.43. The highest BCUT2D eigenvalue weighted by Crippen LogP contribution is 2.39. The summed E-state index contributed by atoms with van der Waals surface area (Å²) in [5, 5.41) is 17.2. The second kappa shape index (κ2) is 15.9. The van der Waals surface area contributed by atoms with Crippen molar-refractivity contribution in [2.45, 2.75) is 72.8 Å². The number of amides is 2. The van der Waals surface area contributed by atoms with E-state index in [1.165, 1.54) is 0 Å². The third-order valence-corrected chi connectivity index (χ3v) is 7.78. The second-order valence-electron chi connectivity index (χ2n) is 10.2. The number of fused-ring (bicyclic) bond motifs is 1. The molecular weight excluding hydrogens is 537 g/mol. The van der Waals surface area contributed by atoms with Crippen LogP contribution in [-0.2, 0) is 22.4 Å². The highest BCUT2D eigenvalue weighted by molar-refractivity contribution is 6.42. The number of aryl methyl sites for hydroxylation is 1. The van der Waals surface area contributed by atoms with Crippen molar-refractivity contribution >= 4 is 40.7 Å². The van der Waals surface area contributed by atoms with Crippen molar-refractivity contribution in [3.8, 4) is 11.5 Å². The summed E-state index contributed by atoms with van der Waals surface area (Å²) in [7, 11) is 0. The largest absolute Gasteiger partial charge is 0.506 e. The number of anilines is 1. The summed E-state index contributed by atoms with van der Waals surface area (Å²) in [6.45, 7) is 8.48. The van der Waals surface area contributed by atoms with E-state index >= 15 is 0 Å². The van der Waals surface area contributed by atoms with Gasteiger partial charge in [0.15, 0.2) is 12.4 Å². The maximum Gasteiger partial charge on any atom is 0.262 e. The number of aromatic hydroxyl groups is 1. The lowest BCUT2D eigenvalue weighted by molar-refractivity contribution is -0.134. The van der Waals surface area contributed by atoms with Crippen LogP contribution in [0.4, 0.5) is 5.69 Å². The first kappa shape index (κ1) is 32.7. The molecule has 0 unspecified atom stereocenters. The van der Waals surface area contributed by atoms with Gasteiger partial charge in [0, 0.05) is 25.6 Å². The van der Waals surface area contributed by atoms with Gasteiger partial charge in [0.25, 0.3) is 5.91 Å². The van der Waals surface area contributed by atoms with Crippen molar-refractivity contribution in [1.82, 2.24) is 10.2 Å². The molecule has 2 aromatic rings. The minimum absolute atomic E-state index is 0. The van der Waals surface area contributed by atoms with Crippen molar-refractivity contribution in [2.75, 3.05) is 31.6 Å². The molecule has 39 heavy (non-hydrogen) atoms. The first-order valence-corrected chi connectivity index (χ1v) is 14.1. The number of unbranched alkanes of at least 4 members (excludes halogenated alkanes) is 2. The third-order valence-electron chi connectivity index (χ3n) is 7.04. The van der Waals surface area contributed by atoms with E-state index in [0.29, 0.717) is 40.4 Å². The van der Waals surface area contributed by atoms with Crippen LogP contribution < -0.4 is 15.4 Å². The molecular formula is C30H43Cl2N3O4. The summed E-state index contributed by atoms with van der Waals surface area (Å²) in [5.74, 6) is 0.845. The van der Waals surface area contributed by atoms with Crippen molar-refractivity contribution in [2.24, 2.45) is 5.92 Å². The minimum Gasteiger partial charge on any atom is -0.506 e. The van der Waals surface area contributed by atoms with Crippen molar-refractivity contribution in [3.63, 3.8) is 0 Å². The van der Waals surface area contributed by atoms with E-state index in [4.69, 9.17) is 27.9 Å². The highest BCUT2D eigenvalue weighted by atomic mass is 35.5. The molecule has 1 heterocycles. The molecule has 0 radical (unpaired) electrons. The molecule has 3 rings (SSSR count). The molecule has 0 aromatic heterocycles. The number of phenols is 1. The number of rotatable bonds is 14. The van der Waals surface area contributed by atoms with Crippen molar-refractivity contribution in [3.05, 3.63) is 51.5 Å². The summed E-state index contributed by atoms with van der Waals surface area (Å²) in [4.78, 5) is 26.7. The van der Waals surface area contributed by atoms with E-state index in [2.05, 4.69) is 31.4 Å². The zero-order valence-electron chi connectivity index (χ0n) is 22.5. The number of nitrogens with zero attached hydrogens (tertiary/aromatic N) is 1. The zero-order chi connectivity index (χ0) is 27.7. The minimum atomic E-state index is -0.268. The predicted molar refractivity (Wildman–Crippen MR) is 160 cm³/mol. The summed E-state index contributed by atoms with van der Waals surface area (Å²) in [6, 6.07) is 9.25. The van der Waals surface area contributed by atoms with Crippen molar-refractivity contribution < 1.29 is 19.4 Å². The first-order valence-electron chi connectivity index (χ1n) is 13.4. The molecule has 0 spiro atoms. The van der Waals surface area contributed by atoms with Gasteiger partial charge >= 0.3 is 0 Å². The number of nitrogens with one attached hydrogen (secondary N) is 2. The molecule has 1 aliphatic rings. The molecule has 9 heteroatoms. The smallest absolute Gasteiger partial charge is 0.262 e.